The minimum atomic E-state index is -1.22. The molecule has 1 heterocycles. The summed E-state index contributed by atoms with van der Waals surface area (Å²) in [6.07, 6.45) is 2.45. The molecular weight excluding hydrogens is 320 g/mol. The minimum Gasteiger partial charge on any atom is -0.476 e. The number of aromatic nitrogens is 2. The third kappa shape index (κ3) is 3.16. The number of fused-ring (bicyclic) bond motifs is 1. The Morgan fingerprint density at radius 2 is 2.04 bits per heavy atom. The van der Waals surface area contributed by atoms with Gasteiger partial charge in [-0.05, 0) is 23.6 Å². The van der Waals surface area contributed by atoms with E-state index in [1.165, 1.54) is 12.3 Å². The molecule has 0 aliphatic carbocycles. The van der Waals surface area contributed by atoms with Crippen molar-refractivity contribution in [3.8, 4) is 11.4 Å². The lowest BCUT2D eigenvalue weighted by Gasteiger charge is -2.09. The van der Waals surface area contributed by atoms with E-state index >= 15 is 0 Å². The molecule has 0 fully saturated rings. The van der Waals surface area contributed by atoms with Crippen LogP contribution in [-0.4, -0.2) is 27.0 Å². The van der Waals surface area contributed by atoms with Crippen molar-refractivity contribution in [2.24, 2.45) is 0 Å². The van der Waals surface area contributed by atoms with Crippen LogP contribution in [0.15, 0.2) is 55.3 Å². The number of nitrogens with one attached hydrogen (secondary N) is 1. The first kappa shape index (κ1) is 16.1. The first-order valence-corrected chi connectivity index (χ1v) is 7.32. The van der Waals surface area contributed by atoms with Gasteiger partial charge in [-0.25, -0.2) is 14.8 Å². The number of benzene rings is 2. The lowest BCUT2D eigenvalue weighted by atomic mass is 10.0. The Balaban J connectivity index is 2.13. The summed E-state index contributed by atoms with van der Waals surface area (Å²) in [5, 5.41) is 13.6. The minimum absolute atomic E-state index is 0.00373. The molecule has 1 amide bonds. The van der Waals surface area contributed by atoms with Crippen molar-refractivity contribution in [3.63, 3.8) is 0 Å². The van der Waals surface area contributed by atoms with Crippen molar-refractivity contribution in [2.45, 2.75) is 0 Å². The van der Waals surface area contributed by atoms with Crippen LogP contribution in [0.1, 0.15) is 10.5 Å². The molecule has 0 saturated carbocycles. The quantitative estimate of drug-likeness (QED) is 0.631. The summed E-state index contributed by atoms with van der Waals surface area (Å²) in [5.74, 6) is -1.31. The normalized spacial score (nSPS) is 10.4. The van der Waals surface area contributed by atoms with Gasteiger partial charge in [0, 0.05) is 16.6 Å². The molecule has 7 nitrogen and oxygen atoms in total. The zero-order valence-corrected chi connectivity index (χ0v) is 13.1. The number of aromatic carboxylic acids is 1. The van der Waals surface area contributed by atoms with Crippen LogP contribution in [0, 0.1) is 0 Å². The van der Waals surface area contributed by atoms with Gasteiger partial charge in [0.25, 0.3) is 0 Å². The lowest BCUT2D eigenvalue weighted by Crippen LogP contribution is -2.08. The van der Waals surface area contributed by atoms with Crippen molar-refractivity contribution in [1.82, 2.24) is 9.97 Å². The number of hydrogen-bond acceptors (Lipinski definition) is 5. The number of hydrogen-bond donors (Lipinski definition) is 3. The molecule has 1 aromatic heterocycles. The molecule has 25 heavy (non-hydrogen) atoms. The predicted molar refractivity (Wildman–Crippen MR) is 95.2 cm³/mol. The number of nitrogen functional groups attached to an aromatic ring is 1. The number of carboxylic acid groups (broad SMARTS) is 1. The van der Waals surface area contributed by atoms with Gasteiger partial charge in [0.05, 0.1) is 11.9 Å². The summed E-state index contributed by atoms with van der Waals surface area (Å²) >= 11 is 0. The number of anilines is 2. The van der Waals surface area contributed by atoms with E-state index in [-0.39, 0.29) is 23.1 Å². The second-order valence-electron chi connectivity index (χ2n) is 5.24. The monoisotopic (exact) mass is 334 g/mol. The Morgan fingerprint density at radius 1 is 1.24 bits per heavy atom. The van der Waals surface area contributed by atoms with E-state index in [1.54, 1.807) is 18.2 Å². The number of carbonyl (C=O) groups is 2. The van der Waals surface area contributed by atoms with Gasteiger partial charge in [-0.2, -0.15) is 0 Å². The average Bonchev–Trinajstić information content (AvgIpc) is 2.61. The third-order valence-corrected chi connectivity index (χ3v) is 3.60. The summed E-state index contributed by atoms with van der Waals surface area (Å²) in [7, 11) is 0. The highest BCUT2D eigenvalue weighted by atomic mass is 16.4. The maximum absolute atomic E-state index is 11.6. The Hall–Kier alpha value is -3.74. The summed E-state index contributed by atoms with van der Waals surface area (Å²) in [6, 6.07) is 10.9. The van der Waals surface area contributed by atoms with E-state index in [0.717, 1.165) is 10.8 Å². The fourth-order valence-electron chi connectivity index (χ4n) is 2.41. The first-order valence-electron chi connectivity index (χ1n) is 7.32. The predicted octanol–water partition coefficient (Wildman–Crippen LogP) is 2.70. The van der Waals surface area contributed by atoms with Crippen molar-refractivity contribution in [3.05, 3.63) is 60.9 Å². The van der Waals surface area contributed by atoms with Gasteiger partial charge < -0.3 is 16.2 Å². The van der Waals surface area contributed by atoms with E-state index < -0.39 is 5.97 Å². The van der Waals surface area contributed by atoms with Crippen LogP contribution in [-0.2, 0) is 4.79 Å². The fraction of sp³-hybridized carbons (Fsp3) is 0. The molecular formula is C18H14N4O3. The molecule has 4 N–H and O–H groups in total. The van der Waals surface area contributed by atoms with Crippen LogP contribution in [0.25, 0.3) is 22.2 Å². The molecule has 3 aromatic rings. The zero-order valence-electron chi connectivity index (χ0n) is 13.1. The number of carboxylic acids is 1. The van der Waals surface area contributed by atoms with Crippen LogP contribution in [0.3, 0.4) is 0 Å². The Kier molecular flexibility index (Phi) is 4.13. The standard InChI is InChI=1S/C18H14N4O3/c1-2-15(23)21-14-5-3-4-10-6-7-11(8-12(10)14)17-20-9-13(19)16(22-17)18(24)25/h2-9H,1,19H2,(H,21,23)(H,24,25). The molecule has 0 atom stereocenters. The Bertz CT molecular complexity index is 1010. The lowest BCUT2D eigenvalue weighted by molar-refractivity contribution is -0.111. The molecule has 0 aliphatic heterocycles. The SMILES string of the molecule is C=CC(=O)Nc1cccc2ccc(-c3ncc(N)c(C(=O)O)n3)cc12. The number of nitrogens with two attached hydrogens (primary N) is 1. The van der Waals surface area contributed by atoms with Crippen LogP contribution < -0.4 is 11.1 Å². The molecule has 0 spiro atoms. The molecule has 2 aromatic carbocycles. The average molecular weight is 334 g/mol. The maximum atomic E-state index is 11.6. The van der Waals surface area contributed by atoms with E-state index in [9.17, 15) is 9.59 Å². The second kappa shape index (κ2) is 6.40. The van der Waals surface area contributed by atoms with E-state index in [1.807, 2.05) is 18.2 Å². The van der Waals surface area contributed by atoms with Crippen LogP contribution >= 0.6 is 0 Å². The summed E-state index contributed by atoms with van der Waals surface area (Å²) in [6.45, 7) is 3.44. The molecule has 7 heteroatoms. The highest BCUT2D eigenvalue weighted by molar-refractivity contribution is 6.06. The number of amides is 1. The molecule has 0 unspecified atom stereocenters. The Morgan fingerprint density at radius 3 is 2.76 bits per heavy atom. The molecule has 124 valence electrons. The van der Waals surface area contributed by atoms with Crippen molar-refractivity contribution < 1.29 is 14.7 Å². The molecule has 3 rings (SSSR count). The van der Waals surface area contributed by atoms with Crippen LogP contribution in [0.2, 0.25) is 0 Å². The smallest absolute Gasteiger partial charge is 0.356 e. The highest BCUT2D eigenvalue weighted by Gasteiger charge is 2.13. The van der Waals surface area contributed by atoms with Gasteiger partial charge in [0.1, 0.15) is 0 Å². The van der Waals surface area contributed by atoms with Crippen molar-refractivity contribution in [1.29, 1.82) is 0 Å². The molecule has 0 saturated heterocycles. The fourth-order valence-corrected chi connectivity index (χ4v) is 2.41. The van der Waals surface area contributed by atoms with Gasteiger partial charge in [-0.1, -0.05) is 30.8 Å². The molecule has 0 aliphatic rings. The van der Waals surface area contributed by atoms with Crippen LogP contribution in [0.4, 0.5) is 11.4 Å². The van der Waals surface area contributed by atoms with E-state index in [4.69, 9.17) is 10.8 Å². The number of carbonyl (C=O) groups excluding carboxylic acids is 1. The largest absolute Gasteiger partial charge is 0.476 e. The van der Waals surface area contributed by atoms with E-state index in [2.05, 4.69) is 21.9 Å². The third-order valence-electron chi connectivity index (χ3n) is 3.60. The van der Waals surface area contributed by atoms with Gasteiger partial charge >= 0.3 is 5.97 Å². The molecule has 0 radical (unpaired) electrons. The van der Waals surface area contributed by atoms with Crippen molar-refractivity contribution >= 4 is 34.0 Å². The topological polar surface area (TPSA) is 118 Å². The second-order valence-corrected chi connectivity index (χ2v) is 5.24. The van der Waals surface area contributed by atoms with E-state index in [0.29, 0.717) is 11.3 Å². The number of rotatable bonds is 4. The van der Waals surface area contributed by atoms with Gasteiger partial charge in [-0.15, -0.1) is 0 Å². The zero-order chi connectivity index (χ0) is 18.0. The van der Waals surface area contributed by atoms with Crippen LogP contribution in [0.5, 0.6) is 0 Å². The van der Waals surface area contributed by atoms with Gasteiger partial charge in [0.15, 0.2) is 11.5 Å². The summed E-state index contributed by atoms with van der Waals surface area (Å²) in [5.41, 5.74) is 6.55. The Labute approximate surface area is 142 Å². The maximum Gasteiger partial charge on any atom is 0.356 e. The number of nitrogens with zero attached hydrogens (tertiary/aromatic N) is 2. The molecule has 0 bridgehead atoms. The van der Waals surface area contributed by atoms with Gasteiger partial charge in [0.2, 0.25) is 5.91 Å². The van der Waals surface area contributed by atoms with Crippen molar-refractivity contribution in [2.75, 3.05) is 11.1 Å². The first-order chi connectivity index (χ1) is 12.0. The summed E-state index contributed by atoms with van der Waals surface area (Å²) in [4.78, 5) is 30.9. The van der Waals surface area contributed by atoms with Gasteiger partial charge in [-0.3, -0.25) is 4.79 Å². The highest BCUT2D eigenvalue weighted by Crippen LogP contribution is 2.28. The summed E-state index contributed by atoms with van der Waals surface area (Å²) < 4.78 is 0.